The summed E-state index contributed by atoms with van der Waals surface area (Å²) in [6.45, 7) is 6.32. The molecular formula is C15H23FN2O. The Kier molecular flexibility index (Phi) is 4.77. The molecule has 1 fully saturated rings. The van der Waals surface area contributed by atoms with Crippen LogP contribution in [0.5, 0.6) is 0 Å². The van der Waals surface area contributed by atoms with Gasteiger partial charge in [-0.15, -0.1) is 0 Å². The number of nitrogens with two attached hydrogens (primary N) is 1. The Hall–Kier alpha value is -1.13. The lowest BCUT2D eigenvalue weighted by atomic mass is 10.0. The minimum atomic E-state index is -0.153. The van der Waals surface area contributed by atoms with E-state index in [4.69, 9.17) is 10.5 Å². The Morgan fingerprint density at radius 3 is 3.00 bits per heavy atom. The maximum Gasteiger partial charge on any atom is 0.128 e. The van der Waals surface area contributed by atoms with Crippen LogP contribution in [0.4, 0.5) is 10.1 Å². The number of hydrogen-bond acceptors (Lipinski definition) is 3. The number of anilines is 1. The van der Waals surface area contributed by atoms with Crippen molar-refractivity contribution >= 4 is 5.69 Å². The molecule has 0 saturated carbocycles. The molecule has 2 unspecified atom stereocenters. The summed E-state index contributed by atoms with van der Waals surface area (Å²) in [5.74, 6) is -0.153. The molecule has 0 spiro atoms. The third-order valence-corrected chi connectivity index (χ3v) is 3.76. The highest BCUT2D eigenvalue weighted by Crippen LogP contribution is 2.27. The molecule has 2 N–H and O–H groups in total. The molecule has 0 radical (unpaired) electrons. The van der Waals surface area contributed by atoms with Crippen LogP contribution in [0.1, 0.15) is 25.8 Å². The minimum Gasteiger partial charge on any atom is -0.377 e. The highest BCUT2D eigenvalue weighted by atomic mass is 19.1. The van der Waals surface area contributed by atoms with Gasteiger partial charge >= 0.3 is 0 Å². The average molecular weight is 266 g/mol. The maximum atomic E-state index is 14.1. The Balaban J connectivity index is 2.30. The second kappa shape index (κ2) is 6.35. The van der Waals surface area contributed by atoms with Crippen molar-refractivity contribution in [2.75, 3.05) is 24.7 Å². The molecule has 1 aliphatic rings. The first-order chi connectivity index (χ1) is 9.13. The van der Waals surface area contributed by atoms with Crippen LogP contribution in [0.2, 0.25) is 0 Å². The normalized spacial score (nSPS) is 21.5. The van der Waals surface area contributed by atoms with Gasteiger partial charge in [-0.1, -0.05) is 13.0 Å². The number of morpholine rings is 1. The van der Waals surface area contributed by atoms with E-state index in [0.717, 1.165) is 24.2 Å². The van der Waals surface area contributed by atoms with E-state index in [2.05, 4.69) is 11.8 Å². The second-order valence-electron chi connectivity index (χ2n) is 5.23. The summed E-state index contributed by atoms with van der Waals surface area (Å²) in [4.78, 5) is 2.23. The fourth-order valence-electron chi connectivity index (χ4n) is 2.51. The van der Waals surface area contributed by atoms with Gasteiger partial charge in [-0.05, 0) is 31.9 Å². The van der Waals surface area contributed by atoms with Crippen molar-refractivity contribution in [3.05, 3.63) is 29.6 Å². The molecular weight excluding hydrogens is 243 g/mol. The Morgan fingerprint density at radius 2 is 2.32 bits per heavy atom. The van der Waals surface area contributed by atoms with Crippen molar-refractivity contribution in [3.8, 4) is 0 Å². The van der Waals surface area contributed by atoms with Gasteiger partial charge in [-0.3, -0.25) is 0 Å². The van der Waals surface area contributed by atoms with Crippen molar-refractivity contribution in [2.24, 2.45) is 5.73 Å². The predicted octanol–water partition coefficient (Wildman–Crippen LogP) is 2.33. The van der Waals surface area contributed by atoms with Crippen molar-refractivity contribution in [2.45, 2.75) is 38.8 Å². The number of hydrogen-bond donors (Lipinski definition) is 1. The number of benzene rings is 1. The highest BCUT2D eigenvalue weighted by molar-refractivity contribution is 5.55. The molecule has 3 nitrogen and oxygen atoms in total. The van der Waals surface area contributed by atoms with E-state index >= 15 is 0 Å². The standard InChI is InChI=1S/C15H23FN2O/c1-3-12(17)9-13-14(16)5-4-6-15(13)18-7-8-19-10-11(18)2/h4-6,11-12H,3,7-10,17H2,1-2H3. The largest absolute Gasteiger partial charge is 0.377 e. The van der Waals surface area contributed by atoms with Crippen molar-refractivity contribution in [1.82, 2.24) is 0 Å². The van der Waals surface area contributed by atoms with Crippen LogP contribution in [0, 0.1) is 5.82 Å². The van der Waals surface area contributed by atoms with E-state index in [9.17, 15) is 4.39 Å². The number of ether oxygens (including phenoxy) is 1. The topological polar surface area (TPSA) is 38.5 Å². The Morgan fingerprint density at radius 1 is 1.53 bits per heavy atom. The fourth-order valence-corrected chi connectivity index (χ4v) is 2.51. The first-order valence-electron chi connectivity index (χ1n) is 7.00. The smallest absolute Gasteiger partial charge is 0.128 e. The summed E-state index contributed by atoms with van der Waals surface area (Å²) in [6.07, 6.45) is 1.44. The molecule has 4 heteroatoms. The Bertz CT molecular complexity index is 425. The molecule has 1 aromatic rings. The second-order valence-corrected chi connectivity index (χ2v) is 5.23. The molecule has 19 heavy (non-hydrogen) atoms. The van der Waals surface area contributed by atoms with E-state index < -0.39 is 0 Å². The van der Waals surface area contributed by atoms with E-state index in [1.807, 2.05) is 13.0 Å². The van der Waals surface area contributed by atoms with E-state index in [-0.39, 0.29) is 17.9 Å². The lowest BCUT2D eigenvalue weighted by Gasteiger charge is -2.36. The summed E-state index contributed by atoms with van der Waals surface area (Å²) in [6, 6.07) is 5.56. The first-order valence-corrected chi connectivity index (χ1v) is 7.00. The van der Waals surface area contributed by atoms with Crippen molar-refractivity contribution < 1.29 is 9.13 Å². The monoisotopic (exact) mass is 266 g/mol. The summed E-state index contributed by atoms with van der Waals surface area (Å²) < 4.78 is 19.6. The number of halogens is 1. The van der Waals surface area contributed by atoms with E-state index in [1.54, 1.807) is 6.07 Å². The molecule has 1 aromatic carbocycles. The van der Waals surface area contributed by atoms with Crippen LogP contribution in [0.3, 0.4) is 0 Å². The van der Waals surface area contributed by atoms with Crippen LogP contribution in [-0.2, 0) is 11.2 Å². The predicted molar refractivity (Wildman–Crippen MR) is 76.0 cm³/mol. The molecule has 1 saturated heterocycles. The summed E-state index contributed by atoms with van der Waals surface area (Å²) >= 11 is 0. The van der Waals surface area contributed by atoms with Gasteiger partial charge in [0, 0.05) is 29.9 Å². The van der Waals surface area contributed by atoms with Gasteiger partial charge < -0.3 is 15.4 Å². The molecule has 106 valence electrons. The minimum absolute atomic E-state index is 0.00648. The lowest BCUT2D eigenvalue weighted by Crippen LogP contribution is -2.44. The van der Waals surface area contributed by atoms with Crippen molar-refractivity contribution in [3.63, 3.8) is 0 Å². The van der Waals surface area contributed by atoms with Gasteiger partial charge in [-0.2, -0.15) is 0 Å². The molecule has 0 aliphatic carbocycles. The number of nitrogens with zero attached hydrogens (tertiary/aromatic N) is 1. The summed E-state index contributed by atoms with van der Waals surface area (Å²) in [7, 11) is 0. The molecule has 0 bridgehead atoms. The molecule has 2 rings (SSSR count). The third-order valence-electron chi connectivity index (χ3n) is 3.76. The zero-order valence-electron chi connectivity index (χ0n) is 11.7. The van der Waals surface area contributed by atoms with E-state index in [0.29, 0.717) is 19.6 Å². The van der Waals surface area contributed by atoms with Crippen LogP contribution < -0.4 is 10.6 Å². The van der Waals surface area contributed by atoms with Gasteiger partial charge in [-0.25, -0.2) is 4.39 Å². The van der Waals surface area contributed by atoms with Gasteiger partial charge in [0.15, 0.2) is 0 Å². The van der Waals surface area contributed by atoms with Crippen LogP contribution >= 0.6 is 0 Å². The third kappa shape index (κ3) is 3.25. The van der Waals surface area contributed by atoms with E-state index in [1.165, 1.54) is 6.07 Å². The number of rotatable bonds is 4. The van der Waals surface area contributed by atoms with Gasteiger partial charge in [0.05, 0.1) is 13.2 Å². The maximum absolute atomic E-state index is 14.1. The highest BCUT2D eigenvalue weighted by Gasteiger charge is 2.23. The van der Waals surface area contributed by atoms with Gasteiger partial charge in [0.25, 0.3) is 0 Å². The SMILES string of the molecule is CCC(N)Cc1c(F)cccc1N1CCOCC1C. The first kappa shape index (κ1) is 14.3. The quantitative estimate of drug-likeness (QED) is 0.909. The molecule has 0 amide bonds. The van der Waals surface area contributed by atoms with Gasteiger partial charge in [0.1, 0.15) is 5.82 Å². The summed E-state index contributed by atoms with van der Waals surface area (Å²) in [5, 5.41) is 0. The zero-order valence-corrected chi connectivity index (χ0v) is 11.7. The van der Waals surface area contributed by atoms with Crippen LogP contribution in [0.15, 0.2) is 18.2 Å². The van der Waals surface area contributed by atoms with Crippen molar-refractivity contribution in [1.29, 1.82) is 0 Å². The lowest BCUT2D eigenvalue weighted by molar-refractivity contribution is 0.0988. The average Bonchev–Trinajstić information content (AvgIpc) is 2.41. The van der Waals surface area contributed by atoms with Gasteiger partial charge in [0.2, 0.25) is 0 Å². The summed E-state index contributed by atoms with van der Waals surface area (Å²) in [5.41, 5.74) is 7.71. The Labute approximate surface area is 114 Å². The zero-order chi connectivity index (χ0) is 13.8. The van der Waals surface area contributed by atoms with Crippen LogP contribution in [-0.4, -0.2) is 31.8 Å². The molecule has 2 atom stereocenters. The molecule has 0 aromatic heterocycles. The van der Waals surface area contributed by atoms with Crippen LogP contribution in [0.25, 0.3) is 0 Å². The molecule has 1 aliphatic heterocycles. The molecule has 1 heterocycles. The fraction of sp³-hybridized carbons (Fsp3) is 0.600.